The normalized spacial score (nSPS) is 14.6. The molecule has 2 aromatic carbocycles. The average Bonchev–Trinajstić information content (AvgIpc) is 3.40. The van der Waals surface area contributed by atoms with Crippen LogP contribution in [0.5, 0.6) is 0 Å². The zero-order valence-electron chi connectivity index (χ0n) is 23.8. The molecule has 6 nitrogen and oxygen atoms in total. The van der Waals surface area contributed by atoms with Crippen molar-refractivity contribution in [3.63, 3.8) is 0 Å². The number of halogens is 2. The number of thiophene rings is 1. The molecule has 1 saturated heterocycles. The number of carbonyl (C=O) groups is 1. The Morgan fingerprint density at radius 1 is 0.875 bits per heavy atom. The minimum absolute atomic E-state index is 0.255. The van der Waals surface area contributed by atoms with Gasteiger partial charge in [0.2, 0.25) is 5.91 Å². The number of aliphatic imine (C=N–C) groups is 3. The Morgan fingerprint density at radius 2 is 1.43 bits per heavy atom. The van der Waals surface area contributed by atoms with Crippen molar-refractivity contribution in [2.45, 2.75) is 34.1 Å². The summed E-state index contributed by atoms with van der Waals surface area (Å²) in [7, 11) is 1.63. The highest BCUT2D eigenvalue weighted by molar-refractivity contribution is 7.12. The molecule has 0 bridgehead atoms. The van der Waals surface area contributed by atoms with Crippen LogP contribution in [0.3, 0.4) is 0 Å². The second-order valence-corrected chi connectivity index (χ2v) is 10.1. The molecule has 0 N–H and O–H groups in total. The summed E-state index contributed by atoms with van der Waals surface area (Å²) in [6.45, 7) is 12.1. The largest absolute Gasteiger partial charge is 0.352 e. The van der Waals surface area contributed by atoms with Gasteiger partial charge in [0.25, 0.3) is 0 Å². The van der Waals surface area contributed by atoms with Gasteiger partial charge in [0.1, 0.15) is 17.5 Å². The van der Waals surface area contributed by atoms with Gasteiger partial charge in [0.15, 0.2) is 5.84 Å². The van der Waals surface area contributed by atoms with E-state index in [1.54, 1.807) is 42.6 Å². The van der Waals surface area contributed by atoms with E-state index in [1.165, 1.54) is 34.7 Å². The van der Waals surface area contributed by atoms with Crippen molar-refractivity contribution in [3.05, 3.63) is 93.2 Å². The number of hydrogen-bond donors (Lipinski definition) is 0. The minimum atomic E-state index is -0.302. The Hall–Kier alpha value is -3.72. The van der Waals surface area contributed by atoms with Crippen LogP contribution in [-0.2, 0) is 4.79 Å². The van der Waals surface area contributed by atoms with E-state index in [0.717, 1.165) is 55.4 Å². The molecule has 3 aromatic rings. The first-order valence-electron chi connectivity index (χ1n) is 13.4. The van der Waals surface area contributed by atoms with Gasteiger partial charge in [-0.2, -0.15) is 0 Å². The molecule has 212 valence electrons. The van der Waals surface area contributed by atoms with Gasteiger partial charge in [0.05, 0.1) is 4.88 Å². The predicted molar refractivity (Wildman–Crippen MR) is 162 cm³/mol. The van der Waals surface area contributed by atoms with Crippen molar-refractivity contribution in [2.75, 3.05) is 39.8 Å². The van der Waals surface area contributed by atoms with E-state index < -0.39 is 0 Å². The maximum absolute atomic E-state index is 12.9. The van der Waals surface area contributed by atoms with Gasteiger partial charge < -0.3 is 9.80 Å². The van der Waals surface area contributed by atoms with Crippen LogP contribution >= 0.6 is 11.3 Å². The van der Waals surface area contributed by atoms with Gasteiger partial charge in [0, 0.05) is 57.5 Å². The summed E-state index contributed by atoms with van der Waals surface area (Å²) in [6, 6.07) is 14.2. The van der Waals surface area contributed by atoms with Crippen molar-refractivity contribution < 1.29 is 13.6 Å². The van der Waals surface area contributed by atoms with Crippen LogP contribution in [0.2, 0.25) is 0 Å². The van der Waals surface area contributed by atoms with Gasteiger partial charge in [-0.15, -0.1) is 11.3 Å². The Kier molecular flexibility index (Phi) is 11.7. The number of carbonyl (C=O) groups excluding carboxylic acids is 1. The first-order chi connectivity index (χ1) is 19.3. The average molecular weight is 566 g/mol. The van der Waals surface area contributed by atoms with E-state index in [4.69, 9.17) is 4.99 Å². The van der Waals surface area contributed by atoms with Crippen LogP contribution in [-0.4, -0.2) is 72.9 Å². The van der Waals surface area contributed by atoms with Crippen LogP contribution in [0.15, 0.2) is 75.0 Å². The molecule has 0 aliphatic carbocycles. The molecule has 1 aromatic heterocycles. The zero-order chi connectivity index (χ0) is 29.1. The van der Waals surface area contributed by atoms with Crippen LogP contribution < -0.4 is 0 Å². The molecule has 1 aliphatic heterocycles. The fraction of sp³-hybridized carbons (Fsp3) is 0.355. The van der Waals surface area contributed by atoms with Gasteiger partial charge in [-0.3, -0.25) is 14.8 Å². The minimum Gasteiger partial charge on any atom is -0.352 e. The Labute approximate surface area is 239 Å². The SMILES string of the molecule is CCN=C(c1sccc1C)N1CCN(C(=O)CC)CC1.CN=C(N=C(C)c1ccc(F)cc1)c1ccc(F)cc1. The predicted octanol–water partition coefficient (Wildman–Crippen LogP) is 6.23. The summed E-state index contributed by atoms with van der Waals surface area (Å²) < 4.78 is 25.8. The maximum Gasteiger partial charge on any atom is 0.222 e. The van der Waals surface area contributed by atoms with Gasteiger partial charge in [-0.05, 0) is 79.7 Å². The third kappa shape index (κ3) is 8.39. The number of aryl methyl sites for hydroxylation is 1. The fourth-order valence-electron chi connectivity index (χ4n) is 4.22. The van der Waals surface area contributed by atoms with Crippen molar-refractivity contribution in [2.24, 2.45) is 15.0 Å². The topological polar surface area (TPSA) is 60.6 Å². The van der Waals surface area contributed by atoms with E-state index in [9.17, 15) is 13.6 Å². The number of piperazine rings is 1. The summed E-state index contributed by atoms with van der Waals surface area (Å²) in [5.74, 6) is 1.27. The molecular weight excluding hydrogens is 528 g/mol. The number of benzene rings is 2. The highest BCUT2D eigenvalue weighted by Gasteiger charge is 2.24. The number of amides is 1. The van der Waals surface area contributed by atoms with Gasteiger partial charge in [-0.1, -0.05) is 19.1 Å². The van der Waals surface area contributed by atoms with E-state index in [2.05, 4.69) is 40.2 Å². The molecule has 1 aliphatic rings. The first kappa shape index (κ1) is 30.8. The third-order valence-electron chi connectivity index (χ3n) is 6.46. The van der Waals surface area contributed by atoms with Crippen LogP contribution in [0, 0.1) is 18.6 Å². The smallest absolute Gasteiger partial charge is 0.222 e. The number of nitrogens with zero attached hydrogens (tertiary/aromatic N) is 5. The molecule has 2 heterocycles. The molecule has 40 heavy (non-hydrogen) atoms. The summed E-state index contributed by atoms with van der Waals surface area (Å²) in [4.78, 5) is 30.5. The van der Waals surface area contributed by atoms with Gasteiger partial charge in [-0.25, -0.2) is 13.8 Å². The molecule has 0 atom stereocenters. The summed E-state index contributed by atoms with van der Waals surface area (Å²) in [5, 5.41) is 2.12. The lowest BCUT2D eigenvalue weighted by Crippen LogP contribution is -2.50. The molecule has 0 radical (unpaired) electrons. The van der Waals surface area contributed by atoms with Crippen LogP contribution in [0.25, 0.3) is 0 Å². The summed E-state index contributed by atoms with van der Waals surface area (Å²) in [5.41, 5.74) is 3.55. The molecule has 0 unspecified atom stereocenters. The standard InChI is InChI=1S/C16H14F2N2.C15H23N3OS/c1-11(12-3-7-14(17)8-4-12)20-16(19-2)13-5-9-15(18)10-6-13;1-4-13(19)17-7-9-18(10-8-17)15(16-5-2)14-12(3)6-11-20-14/h3-10H,1-2H3;6,11H,4-5,7-10H2,1-3H3. The number of hydrogen-bond acceptors (Lipinski definition) is 4. The summed E-state index contributed by atoms with van der Waals surface area (Å²) >= 11 is 1.75. The molecule has 0 saturated carbocycles. The van der Waals surface area contributed by atoms with Crippen molar-refractivity contribution in [3.8, 4) is 0 Å². The molecule has 9 heteroatoms. The maximum atomic E-state index is 12.9. The Morgan fingerprint density at radius 3 is 1.90 bits per heavy atom. The monoisotopic (exact) mass is 565 g/mol. The lowest BCUT2D eigenvalue weighted by atomic mass is 10.1. The van der Waals surface area contributed by atoms with Gasteiger partial charge >= 0.3 is 0 Å². The van der Waals surface area contributed by atoms with Crippen molar-refractivity contribution in [1.29, 1.82) is 0 Å². The van der Waals surface area contributed by atoms with Crippen LogP contribution in [0.4, 0.5) is 8.78 Å². The molecule has 4 rings (SSSR count). The number of rotatable bonds is 5. The highest BCUT2D eigenvalue weighted by atomic mass is 32.1. The number of amidine groups is 2. The molecule has 1 amide bonds. The van der Waals surface area contributed by atoms with Crippen molar-refractivity contribution >= 4 is 34.6 Å². The second kappa shape index (κ2) is 15.2. The lowest BCUT2D eigenvalue weighted by Gasteiger charge is -2.36. The first-order valence-corrected chi connectivity index (χ1v) is 14.3. The van der Waals surface area contributed by atoms with Crippen molar-refractivity contribution in [1.82, 2.24) is 9.80 Å². The fourth-order valence-corrected chi connectivity index (χ4v) is 5.18. The molecular formula is C31H37F2N5OS. The highest BCUT2D eigenvalue weighted by Crippen LogP contribution is 2.20. The second-order valence-electron chi connectivity index (χ2n) is 9.21. The lowest BCUT2D eigenvalue weighted by molar-refractivity contribution is -0.132. The third-order valence-corrected chi connectivity index (χ3v) is 7.47. The van der Waals surface area contributed by atoms with E-state index >= 15 is 0 Å². The van der Waals surface area contributed by atoms with E-state index in [-0.39, 0.29) is 17.5 Å². The Balaban J connectivity index is 0.000000220. The Bertz CT molecular complexity index is 1340. The van der Waals surface area contributed by atoms with E-state index in [1.807, 2.05) is 18.7 Å². The van der Waals surface area contributed by atoms with Crippen LogP contribution in [0.1, 0.15) is 48.8 Å². The molecule has 0 spiro atoms. The molecule has 1 fully saturated rings. The summed E-state index contributed by atoms with van der Waals surface area (Å²) in [6.07, 6.45) is 0.597. The zero-order valence-corrected chi connectivity index (χ0v) is 24.6. The van der Waals surface area contributed by atoms with E-state index in [0.29, 0.717) is 12.3 Å². The quantitative estimate of drug-likeness (QED) is 0.272.